The van der Waals surface area contributed by atoms with Gasteiger partial charge in [-0.1, -0.05) is 60.2 Å². The lowest BCUT2D eigenvalue weighted by Gasteiger charge is -2.25. The Labute approximate surface area is 152 Å². The summed E-state index contributed by atoms with van der Waals surface area (Å²) in [4.78, 5) is 0. The van der Waals surface area contributed by atoms with Gasteiger partial charge in [0.25, 0.3) is 0 Å². The standard InChI is InChI=1S/C24H18O2/c1-16-11-12-21-18(13-16)14-24(25-21)20-15-23(17-7-3-2-4-8-17)26-22-10-6-5-9-19(20)22/h2-15,23H,1H3. The molecule has 2 heterocycles. The van der Waals surface area contributed by atoms with E-state index in [0.29, 0.717) is 0 Å². The van der Waals surface area contributed by atoms with Crippen LogP contribution < -0.4 is 4.74 Å². The first kappa shape index (κ1) is 15.0. The normalized spacial score (nSPS) is 16.0. The molecule has 0 aliphatic carbocycles. The van der Waals surface area contributed by atoms with Crippen molar-refractivity contribution in [1.82, 2.24) is 0 Å². The zero-order valence-electron chi connectivity index (χ0n) is 14.5. The van der Waals surface area contributed by atoms with Gasteiger partial charge in [-0.15, -0.1) is 0 Å². The monoisotopic (exact) mass is 338 g/mol. The molecule has 4 aromatic rings. The maximum atomic E-state index is 6.24. The molecule has 126 valence electrons. The average molecular weight is 338 g/mol. The minimum absolute atomic E-state index is 0.129. The molecule has 0 saturated heterocycles. The Morgan fingerprint density at radius 2 is 1.62 bits per heavy atom. The number of para-hydroxylation sites is 1. The van der Waals surface area contributed by atoms with Gasteiger partial charge in [0.2, 0.25) is 0 Å². The van der Waals surface area contributed by atoms with Gasteiger partial charge in [0.15, 0.2) is 0 Å². The highest BCUT2D eigenvalue weighted by atomic mass is 16.5. The summed E-state index contributed by atoms with van der Waals surface area (Å²) in [7, 11) is 0. The molecule has 0 N–H and O–H groups in total. The first-order chi connectivity index (χ1) is 12.8. The lowest BCUT2D eigenvalue weighted by Crippen LogP contribution is -2.11. The number of hydrogen-bond donors (Lipinski definition) is 0. The molecule has 1 aliphatic rings. The van der Waals surface area contributed by atoms with E-state index in [2.05, 4.69) is 49.4 Å². The lowest BCUT2D eigenvalue weighted by molar-refractivity contribution is 0.250. The average Bonchev–Trinajstić information content (AvgIpc) is 3.10. The highest BCUT2D eigenvalue weighted by Crippen LogP contribution is 2.41. The van der Waals surface area contributed by atoms with Gasteiger partial charge >= 0.3 is 0 Å². The summed E-state index contributed by atoms with van der Waals surface area (Å²) in [5, 5.41) is 1.13. The largest absolute Gasteiger partial charge is 0.481 e. The Kier molecular flexibility index (Phi) is 3.42. The van der Waals surface area contributed by atoms with Crippen LogP contribution in [0.4, 0.5) is 0 Å². The van der Waals surface area contributed by atoms with Crippen LogP contribution in [0.25, 0.3) is 16.5 Å². The number of rotatable bonds is 2. The van der Waals surface area contributed by atoms with Crippen LogP contribution in [0.2, 0.25) is 0 Å². The molecule has 0 fully saturated rings. The molecule has 1 unspecified atom stereocenters. The van der Waals surface area contributed by atoms with E-state index in [1.807, 2.05) is 42.5 Å². The van der Waals surface area contributed by atoms with Gasteiger partial charge in [-0.25, -0.2) is 0 Å². The Hall–Kier alpha value is -3.26. The third-order valence-corrected chi connectivity index (χ3v) is 4.81. The smallest absolute Gasteiger partial charge is 0.143 e. The molecule has 26 heavy (non-hydrogen) atoms. The van der Waals surface area contributed by atoms with Crippen molar-refractivity contribution in [1.29, 1.82) is 0 Å². The second kappa shape index (κ2) is 5.92. The molecule has 0 saturated carbocycles. The van der Waals surface area contributed by atoms with E-state index >= 15 is 0 Å². The Morgan fingerprint density at radius 3 is 2.50 bits per heavy atom. The summed E-state index contributed by atoms with van der Waals surface area (Å²) in [6, 6.07) is 26.8. The van der Waals surface area contributed by atoms with E-state index in [1.54, 1.807) is 0 Å². The van der Waals surface area contributed by atoms with E-state index in [1.165, 1.54) is 5.56 Å². The highest BCUT2D eigenvalue weighted by Gasteiger charge is 2.24. The van der Waals surface area contributed by atoms with E-state index < -0.39 is 0 Å². The second-order valence-corrected chi connectivity index (χ2v) is 6.68. The predicted octanol–water partition coefficient (Wildman–Crippen LogP) is 6.31. The topological polar surface area (TPSA) is 22.4 Å². The summed E-state index contributed by atoms with van der Waals surface area (Å²) in [6.45, 7) is 2.10. The fourth-order valence-corrected chi connectivity index (χ4v) is 3.52. The van der Waals surface area contributed by atoms with E-state index in [9.17, 15) is 0 Å². The summed E-state index contributed by atoms with van der Waals surface area (Å²) < 4.78 is 12.4. The summed E-state index contributed by atoms with van der Waals surface area (Å²) in [5.41, 5.74) is 5.41. The van der Waals surface area contributed by atoms with Crippen LogP contribution in [-0.2, 0) is 0 Å². The zero-order valence-corrected chi connectivity index (χ0v) is 14.5. The van der Waals surface area contributed by atoms with Crippen LogP contribution in [0, 0.1) is 6.92 Å². The van der Waals surface area contributed by atoms with Crippen LogP contribution in [0.1, 0.15) is 28.6 Å². The van der Waals surface area contributed by atoms with Gasteiger partial charge in [-0.05, 0) is 42.8 Å². The van der Waals surface area contributed by atoms with Crippen LogP contribution in [0.5, 0.6) is 5.75 Å². The van der Waals surface area contributed by atoms with Crippen molar-refractivity contribution in [3.05, 3.63) is 107 Å². The Morgan fingerprint density at radius 1 is 0.808 bits per heavy atom. The van der Waals surface area contributed by atoms with Crippen molar-refractivity contribution in [3.8, 4) is 5.75 Å². The van der Waals surface area contributed by atoms with Crippen molar-refractivity contribution in [2.45, 2.75) is 13.0 Å². The van der Waals surface area contributed by atoms with E-state index in [0.717, 1.165) is 39.2 Å². The minimum Gasteiger partial charge on any atom is -0.481 e. The molecule has 5 rings (SSSR count). The molecule has 1 atom stereocenters. The first-order valence-electron chi connectivity index (χ1n) is 8.81. The molecule has 2 nitrogen and oxygen atoms in total. The SMILES string of the molecule is Cc1ccc2oc(C3=CC(c4ccccc4)Oc4ccccc43)cc2c1. The Bertz CT molecular complexity index is 1120. The summed E-state index contributed by atoms with van der Waals surface area (Å²) in [6.07, 6.45) is 2.03. The van der Waals surface area contributed by atoms with Crippen LogP contribution in [0.3, 0.4) is 0 Å². The van der Waals surface area contributed by atoms with E-state index in [-0.39, 0.29) is 6.10 Å². The fraction of sp³-hybridized carbons (Fsp3) is 0.0833. The van der Waals surface area contributed by atoms with Gasteiger partial charge in [0.05, 0.1) is 0 Å². The molecule has 0 radical (unpaired) electrons. The minimum atomic E-state index is -0.129. The molecule has 0 bridgehead atoms. The van der Waals surface area contributed by atoms with Gasteiger partial charge in [-0.3, -0.25) is 0 Å². The van der Waals surface area contributed by atoms with Gasteiger partial charge in [0.1, 0.15) is 23.2 Å². The third kappa shape index (κ3) is 2.51. The quantitative estimate of drug-likeness (QED) is 0.427. The summed E-state index contributed by atoms with van der Waals surface area (Å²) >= 11 is 0. The van der Waals surface area contributed by atoms with Crippen LogP contribution >= 0.6 is 0 Å². The second-order valence-electron chi connectivity index (χ2n) is 6.68. The van der Waals surface area contributed by atoms with Gasteiger partial charge < -0.3 is 9.15 Å². The molecule has 2 heteroatoms. The zero-order chi connectivity index (χ0) is 17.5. The molecule has 1 aliphatic heterocycles. The van der Waals surface area contributed by atoms with Crippen LogP contribution in [0.15, 0.2) is 89.4 Å². The number of hydrogen-bond acceptors (Lipinski definition) is 2. The Balaban J connectivity index is 1.68. The van der Waals surface area contributed by atoms with Crippen molar-refractivity contribution in [3.63, 3.8) is 0 Å². The maximum Gasteiger partial charge on any atom is 0.143 e. The van der Waals surface area contributed by atoms with Crippen molar-refractivity contribution < 1.29 is 9.15 Å². The van der Waals surface area contributed by atoms with Crippen molar-refractivity contribution in [2.75, 3.05) is 0 Å². The van der Waals surface area contributed by atoms with Gasteiger partial charge in [-0.2, -0.15) is 0 Å². The van der Waals surface area contributed by atoms with Crippen molar-refractivity contribution >= 4 is 16.5 Å². The molecular formula is C24H18O2. The number of aryl methyl sites for hydroxylation is 1. The third-order valence-electron chi connectivity index (χ3n) is 4.81. The number of ether oxygens (including phenoxy) is 1. The molecule has 1 aromatic heterocycles. The van der Waals surface area contributed by atoms with E-state index in [4.69, 9.17) is 9.15 Å². The lowest BCUT2D eigenvalue weighted by atomic mass is 9.95. The van der Waals surface area contributed by atoms with Gasteiger partial charge in [0, 0.05) is 16.5 Å². The maximum absolute atomic E-state index is 6.24. The summed E-state index contributed by atoms with van der Waals surface area (Å²) in [5.74, 6) is 1.76. The first-order valence-corrected chi connectivity index (χ1v) is 8.81. The number of fused-ring (bicyclic) bond motifs is 2. The fourth-order valence-electron chi connectivity index (χ4n) is 3.52. The predicted molar refractivity (Wildman–Crippen MR) is 104 cm³/mol. The highest BCUT2D eigenvalue weighted by molar-refractivity contribution is 5.88. The molecule has 0 amide bonds. The van der Waals surface area contributed by atoms with Crippen LogP contribution in [-0.4, -0.2) is 0 Å². The number of benzene rings is 3. The molecule has 3 aromatic carbocycles. The van der Waals surface area contributed by atoms with Crippen molar-refractivity contribution in [2.24, 2.45) is 0 Å². The molecular weight excluding hydrogens is 320 g/mol. The molecule has 0 spiro atoms. The number of furan rings is 1.